The highest BCUT2D eigenvalue weighted by atomic mass is 19.1. The van der Waals surface area contributed by atoms with Gasteiger partial charge in [-0.3, -0.25) is 0 Å². The van der Waals surface area contributed by atoms with E-state index in [-0.39, 0.29) is 5.82 Å². The van der Waals surface area contributed by atoms with Crippen molar-refractivity contribution in [3.05, 3.63) is 40.9 Å². The Balaban J connectivity index is 3.04. The molecule has 0 bridgehead atoms. The Bertz CT molecular complexity index is 279. The van der Waals surface area contributed by atoms with Crippen LogP contribution in [0.15, 0.2) is 24.3 Å². The van der Waals surface area contributed by atoms with Gasteiger partial charge in [-0.05, 0) is 12.1 Å². The van der Waals surface area contributed by atoms with E-state index in [9.17, 15) is 9.60 Å². The Kier molecular flexibility index (Phi) is 2.21. The predicted octanol–water partition coefficient (Wildman–Crippen LogP) is 1.38. The molecule has 0 saturated heterocycles. The van der Waals surface area contributed by atoms with Crippen molar-refractivity contribution in [3.8, 4) is 0 Å². The molecule has 2 nitrogen and oxygen atoms in total. The van der Waals surface area contributed by atoms with Gasteiger partial charge in [-0.2, -0.15) is 0 Å². The third-order valence-electron chi connectivity index (χ3n) is 1.23. The number of rotatable bonds is 1. The number of nitrogens with zero attached hydrogens (tertiary/aromatic N) is 1. The van der Waals surface area contributed by atoms with Crippen LogP contribution in [0.3, 0.4) is 0 Å². The topological polar surface area (TPSA) is 26.1 Å². The Hall–Kier alpha value is -1.38. The Morgan fingerprint density at radius 3 is 2.64 bits per heavy atom. The summed E-state index contributed by atoms with van der Waals surface area (Å²) in [6.45, 7) is 0. The van der Waals surface area contributed by atoms with Crippen molar-refractivity contribution in [1.29, 1.82) is 0 Å². The first-order chi connectivity index (χ1) is 5.20. The van der Waals surface area contributed by atoms with Gasteiger partial charge in [0.25, 0.3) is 0 Å². The van der Waals surface area contributed by atoms with E-state index in [1.165, 1.54) is 19.3 Å². The van der Waals surface area contributed by atoms with Gasteiger partial charge >= 0.3 is 0 Å². The van der Waals surface area contributed by atoms with Gasteiger partial charge in [0, 0.05) is 0 Å². The molecule has 0 fully saturated rings. The van der Waals surface area contributed by atoms with E-state index in [0.29, 0.717) is 10.3 Å². The van der Waals surface area contributed by atoms with Crippen molar-refractivity contribution in [2.24, 2.45) is 0 Å². The summed E-state index contributed by atoms with van der Waals surface area (Å²) in [5.74, 6) is -0.379. The van der Waals surface area contributed by atoms with Crippen molar-refractivity contribution >= 4 is 6.21 Å². The van der Waals surface area contributed by atoms with Crippen molar-refractivity contribution in [2.75, 3.05) is 7.05 Å². The molecule has 0 radical (unpaired) electrons. The lowest BCUT2D eigenvalue weighted by Gasteiger charge is -1.95. The van der Waals surface area contributed by atoms with Crippen LogP contribution in [0.25, 0.3) is 0 Å². The highest BCUT2D eigenvalue weighted by Crippen LogP contribution is 2.02. The van der Waals surface area contributed by atoms with E-state index in [0.717, 1.165) is 0 Å². The molecule has 0 aromatic heterocycles. The molecule has 58 valence electrons. The third kappa shape index (κ3) is 2.04. The van der Waals surface area contributed by atoms with Gasteiger partial charge in [0.05, 0.1) is 5.56 Å². The lowest BCUT2D eigenvalue weighted by atomic mass is 10.2. The highest BCUT2D eigenvalue weighted by molar-refractivity contribution is 5.75. The van der Waals surface area contributed by atoms with E-state index in [4.69, 9.17) is 0 Å². The van der Waals surface area contributed by atoms with E-state index in [1.807, 2.05) is 0 Å². The molecule has 1 aromatic carbocycles. The number of benzene rings is 1. The van der Waals surface area contributed by atoms with Crippen LogP contribution in [0.2, 0.25) is 0 Å². The van der Waals surface area contributed by atoms with Crippen LogP contribution in [-0.4, -0.2) is 18.0 Å². The summed E-state index contributed by atoms with van der Waals surface area (Å²) < 4.78 is 13.3. The van der Waals surface area contributed by atoms with Crippen molar-refractivity contribution < 1.29 is 9.13 Å². The molecular formula is C8H8FNO. The van der Waals surface area contributed by atoms with E-state index in [2.05, 4.69) is 0 Å². The SMILES string of the molecule is C/[N+]([O-])=C/c1ccccc1F. The largest absolute Gasteiger partial charge is 0.624 e. The average Bonchev–Trinajstić information content (AvgIpc) is 1.93. The Morgan fingerprint density at radius 2 is 2.09 bits per heavy atom. The molecule has 3 heteroatoms. The second-order valence-electron chi connectivity index (χ2n) is 2.20. The minimum atomic E-state index is -0.379. The van der Waals surface area contributed by atoms with Crippen LogP contribution in [0, 0.1) is 11.0 Å². The standard InChI is InChI=1S/C8H8FNO/c1-10(11)6-7-4-2-3-5-8(7)9/h2-6H,1H3/b10-6-. The third-order valence-corrected chi connectivity index (χ3v) is 1.23. The van der Waals surface area contributed by atoms with Gasteiger partial charge in [-0.25, -0.2) is 9.13 Å². The summed E-state index contributed by atoms with van der Waals surface area (Å²) in [5.41, 5.74) is 0.310. The second kappa shape index (κ2) is 3.14. The number of hydrogen-bond acceptors (Lipinski definition) is 1. The number of hydroxylamine groups is 1. The molecule has 0 aliphatic carbocycles. The Morgan fingerprint density at radius 1 is 1.45 bits per heavy atom. The smallest absolute Gasteiger partial charge is 0.184 e. The van der Waals surface area contributed by atoms with Gasteiger partial charge in [0.2, 0.25) is 0 Å². The molecule has 0 saturated carbocycles. The molecule has 0 amide bonds. The van der Waals surface area contributed by atoms with Crippen molar-refractivity contribution in [2.45, 2.75) is 0 Å². The zero-order valence-corrected chi connectivity index (χ0v) is 6.12. The first-order valence-electron chi connectivity index (χ1n) is 3.19. The van der Waals surface area contributed by atoms with E-state index >= 15 is 0 Å². The molecule has 0 heterocycles. The maximum absolute atomic E-state index is 12.8. The summed E-state index contributed by atoms with van der Waals surface area (Å²) in [4.78, 5) is 0. The maximum Gasteiger partial charge on any atom is 0.184 e. The van der Waals surface area contributed by atoms with Gasteiger partial charge in [-0.15, -0.1) is 0 Å². The van der Waals surface area contributed by atoms with Crippen LogP contribution < -0.4 is 0 Å². The first kappa shape index (κ1) is 7.72. The van der Waals surface area contributed by atoms with Crippen LogP contribution in [-0.2, 0) is 0 Å². The Labute approximate surface area is 64.2 Å². The lowest BCUT2D eigenvalue weighted by Crippen LogP contribution is -1.99. The molecule has 0 unspecified atom stereocenters. The lowest BCUT2D eigenvalue weighted by molar-refractivity contribution is -0.416. The monoisotopic (exact) mass is 153 g/mol. The summed E-state index contributed by atoms with van der Waals surface area (Å²) >= 11 is 0. The van der Waals surface area contributed by atoms with Crippen molar-refractivity contribution in [3.63, 3.8) is 0 Å². The zero-order chi connectivity index (χ0) is 8.27. The fraction of sp³-hybridized carbons (Fsp3) is 0.125. The van der Waals surface area contributed by atoms with E-state index in [1.54, 1.807) is 18.2 Å². The van der Waals surface area contributed by atoms with E-state index < -0.39 is 0 Å². The quantitative estimate of drug-likeness (QED) is 0.259. The molecule has 0 spiro atoms. The zero-order valence-electron chi connectivity index (χ0n) is 6.12. The molecule has 0 aliphatic rings. The van der Waals surface area contributed by atoms with Crippen LogP contribution in [0.4, 0.5) is 4.39 Å². The van der Waals surface area contributed by atoms with Gasteiger partial charge in [0.15, 0.2) is 6.21 Å². The molecular weight excluding hydrogens is 145 g/mol. The fourth-order valence-electron chi connectivity index (χ4n) is 0.776. The highest BCUT2D eigenvalue weighted by Gasteiger charge is 1.98. The molecule has 11 heavy (non-hydrogen) atoms. The molecule has 1 aromatic rings. The summed E-state index contributed by atoms with van der Waals surface area (Å²) in [6.07, 6.45) is 1.19. The molecule has 0 aliphatic heterocycles. The van der Waals surface area contributed by atoms with Crippen LogP contribution >= 0.6 is 0 Å². The summed E-state index contributed by atoms with van der Waals surface area (Å²) in [5, 5.41) is 10.5. The van der Waals surface area contributed by atoms with Crippen molar-refractivity contribution in [1.82, 2.24) is 0 Å². The average molecular weight is 153 g/mol. The van der Waals surface area contributed by atoms with Crippen LogP contribution in [0.1, 0.15) is 5.56 Å². The first-order valence-corrected chi connectivity index (χ1v) is 3.19. The minimum Gasteiger partial charge on any atom is -0.624 e. The maximum atomic E-state index is 12.8. The van der Waals surface area contributed by atoms with Gasteiger partial charge in [-0.1, -0.05) is 12.1 Å². The number of halogens is 1. The van der Waals surface area contributed by atoms with Gasteiger partial charge < -0.3 is 5.21 Å². The minimum absolute atomic E-state index is 0.310. The normalized spacial score (nSPS) is 11.6. The fourth-order valence-corrected chi connectivity index (χ4v) is 0.776. The molecule has 0 N–H and O–H groups in total. The summed E-state index contributed by atoms with van der Waals surface area (Å²) in [6, 6.07) is 6.12. The molecule has 0 atom stereocenters. The number of hydrogen-bond donors (Lipinski definition) is 0. The predicted molar refractivity (Wildman–Crippen MR) is 41.1 cm³/mol. The summed E-state index contributed by atoms with van der Waals surface area (Å²) in [7, 11) is 1.31. The second-order valence-corrected chi connectivity index (χ2v) is 2.20. The molecule has 1 rings (SSSR count). The van der Waals surface area contributed by atoms with Crippen LogP contribution in [0.5, 0.6) is 0 Å². The van der Waals surface area contributed by atoms with Gasteiger partial charge in [0.1, 0.15) is 12.9 Å².